The second kappa shape index (κ2) is 3.00. The molecule has 0 radical (unpaired) electrons. The molecule has 0 aromatic rings. The van der Waals surface area contributed by atoms with E-state index in [9.17, 15) is 5.11 Å². The molecule has 0 bridgehead atoms. The zero-order chi connectivity index (χ0) is 8.60. The lowest BCUT2D eigenvalue weighted by molar-refractivity contribution is -0.0508. The lowest BCUT2D eigenvalue weighted by Crippen LogP contribution is -2.57. The first-order valence-corrected chi connectivity index (χ1v) is 5.14. The number of hydrogen-bond acceptors (Lipinski definition) is 2. The van der Waals surface area contributed by atoms with Crippen molar-refractivity contribution in [2.24, 2.45) is 5.41 Å². The molecule has 1 saturated carbocycles. The Labute approximate surface area is 74.6 Å². The van der Waals surface area contributed by atoms with Gasteiger partial charge in [-0.1, -0.05) is 6.92 Å². The van der Waals surface area contributed by atoms with Crippen LogP contribution < -0.4 is 0 Å². The Hall–Kier alpha value is -0.0800. The number of nitrogens with zero attached hydrogens (tertiary/aromatic N) is 1. The van der Waals surface area contributed by atoms with E-state index in [1.807, 2.05) is 0 Å². The van der Waals surface area contributed by atoms with E-state index < -0.39 is 0 Å². The Balaban J connectivity index is 1.83. The van der Waals surface area contributed by atoms with Gasteiger partial charge in [0.25, 0.3) is 0 Å². The molecule has 2 aliphatic rings. The highest BCUT2D eigenvalue weighted by molar-refractivity contribution is 4.97. The Morgan fingerprint density at radius 1 is 1.33 bits per heavy atom. The smallest absolute Gasteiger partial charge is 0.0540 e. The summed E-state index contributed by atoms with van der Waals surface area (Å²) in [6.45, 7) is 6.00. The molecule has 1 N–H and O–H groups in total. The lowest BCUT2D eigenvalue weighted by Gasteiger charge is -2.53. The molecular formula is C10H19NO. The summed E-state index contributed by atoms with van der Waals surface area (Å²) < 4.78 is 0. The van der Waals surface area contributed by atoms with Crippen molar-refractivity contribution >= 4 is 0 Å². The van der Waals surface area contributed by atoms with E-state index in [2.05, 4.69) is 11.8 Å². The summed E-state index contributed by atoms with van der Waals surface area (Å²) in [5.74, 6) is 0. The van der Waals surface area contributed by atoms with Gasteiger partial charge in [0.05, 0.1) is 6.10 Å². The standard InChI is InChI=1S/C10H19NO/c1-2-11-7-10(8-11)5-3-9(12)4-6-10/h9,12H,2-8H2,1H3. The number of aliphatic hydroxyl groups is 1. The minimum atomic E-state index is 0.00583. The summed E-state index contributed by atoms with van der Waals surface area (Å²) in [6.07, 6.45) is 4.59. The van der Waals surface area contributed by atoms with Gasteiger partial charge in [0.1, 0.15) is 0 Å². The molecule has 2 nitrogen and oxygen atoms in total. The fourth-order valence-corrected chi connectivity index (χ4v) is 2.66. The summed E-state index contributed by atoms with van der Waals surface area (Å²) in [5, 5.41) is 9.37. The van der Waals surface area contributed by atoms with Crippen LogP contribution in [0.2, 0.25) is 0 Å². The van der Waals surface area contributed by atoms with E-state index in [0.717, 1.165) is 12.8 Å². The lowest BCUT2D eigenvalue weighted by atomic mass is 9.68. The second-order valence-electron chi connectivity index (χ2n) is 4.53. The zero-order valence-electron chi connectivity index (χ0n) is 7.92. The molecule has 0 unspecified atom stereocenters. The average Bonchev–Trinajstić information content (AvgIpc) is 2.02. The molecule has 0 amide bonds. The summed E-state index contributed by atoms with van der Waals surface area (Å²) in [6, 6.07) is 0. The third-order valence-electron chi connectivity index (χ3n) is 3.58. The average molecular weight is 169 g/mol. The number of rotatable bonds is 1. The normalized spacial score (nSPS) is 30.5. The molecule has 1 heterocycles. The largest absolute Gasteiger partial charge is 0.393 e. The van der Waals surface area contributed by atoms with Crippen LogP contribution in [0.25, 0.3) is 0 Å². The van der Waals surface area contributed by atoms with Crippen molar-refractivity contribution in [3.05, 3.63) is 0 Å². The highest BCUT2D eigenvalue weighted by atomic mass is 16.3. The van der Waals surface area contributed by atoms with Gasteiger partial charge in [0.2, 0.25) is 0 Å². The Bertz CT molecular complexity index is 146. The van der Waals surface area contributed by atoms with Crippen molar-refractivity contribution in [3.8, 4) is 0 Å². The third-order valence-corrected chi connectivity index (χ3v) is 3.58. The highest BCUT2D eigenvalue weighted by Gasteiger charge is 2.43. The van der Waals surface area contributed by atoms with E-state index >= 15 is 0 Å². The van der Waals surface area contributed by atoms with Gasteiger partial charge >= 0.3 is 0 Å². The number of hydrogen-bond donors (Lipinski definition) is 1. The molecule has 12 heavy (non-hydrogen) atoms. The van der Waals surface area contributed by atoms with Crippen LogP contribution in [-0.4, -0.2) is 35.7 Å². The molecule has 1 aliphatic carbocycles. The first-order chi connectivity index (χ1) is 5.74. The van der Waals surface area contributed by atoms with E-state index in [-0.39, 0.29) is 6.10 Å². The van der Waals surface area contributed by atoms with Gasteiger partial charge in [-0.2, -0.15) is 0 Å². The van der Waals surface area contributed by atoms with E-state index in [4.69, 9.17) is 0 Å². The molecule has 2 rings (SSSR count). The predicted molar refractivity (Wildman–Crippen MR) is 49.0 cm³/mol. The number of likely N-dealkylation sites (tertiary alicyclic amines) is 1. The summed E-state index contributed by atoms with van der Waals surface area (Å²) in [7, 11) is 0. The van der Waals surface area contributed by atoms with Crippen molar-refractivity contribution < 1.29 is 5.11 Å². The van der Waals surface area contributed by atoms with Gasteiger partial charge in [-0.15, -0.1) is 0 Å². The molecule has 0 aromatic carbocycles. The van der Waals surface area contributed by atoms with Crippen LogP contribution in [0.15, 0.2) is 0 Å². The van der Waals surface area contributed by atoms with Gasteiger partial charge in [-0.3, -0.25) is 0 Å². The number of aliphatic hydroxyl groups excluding tert-OH is 1. The Morgan fingerprint density at radius 3 is 2.42 bits per heavy atom. The maximum absolute atomic E-state index is 9.37. The van der Waals surface area contributed by atoms with Crippen molar-refractivity contribution in [2.45, 2.75) is 38.7 Å². The quantitative estimate of drug-likeness (QED) is 0.638. The third kappa shape index (κ3) is 1.38. The van der Waals surface area contributed by atoms with Crippen LogP contribution >= 0.6 is 0 Å². The van der Waals surface area contributed by atoms with Crippen molar-refractivity contribution in [1.82, 2.24) is 4.90 Å². The molecule has 1 aliphatic heterocycles. The van der Waals surface area contributed by atoms with Gasteiger partial charge in [-0.05, 0) is 37.6 Å². The van der Waals surface area contributed by atoms with Gasteiger partial charge in [0.15, 0.2) is 0 Å². The maximum atomic E-state index is 9.37. The monoisotopic (exact) mass is 169 g/mol. The maximum Gasteiger partial charge on any atom is 0.0540 e. The van der Waals surface area contributed by atoms with E-state index in [1.54, 1.807) is 0 Å². The second-order valence-corrected chi connectivity index (χ2v) is 4.53. The topological polar surface area (TPSA) is 23.5 Å². The summed E-state index contributed by atoms with van der Waals surface area (Å²) in [4.78, 5) is 2.50. The molecule has 2 heteroatoms. The fourth-order valence-electron chi connectivity index (χ4n) is 2.66. The van der Waals surface area contributed by atoms with E-state index in [0.29, 0.717) is 5.41 Å². The minimum absolute atomic E-state index is 0.00583. The van der Waals surface area contributed by atoms with E-state index in [1.165, 1.54) is 32.5 Å². The molecule has 1 spiro atoms. The molecule has 2 fully saturated rings. The molecule has 0 atom stereocenters. The zero-order valence-corrected chi connectivity index (χ0v) is 7.92. The van der Waals surface area contributed by atoms with Crippen molar-refractivity contribution in [2.75, 3.05) is 19.6 Å². The Morgan fingerprint density at radius 2 is 1.92 bits per heavy atom. The first kappa shape index (κ1) is 8.52. The summed E-state index contributed by atoms with van der Waals surface area (Å²) in [5.41, 5.74) is 0.620. The first-order valence-electron chi connectivity index (χ1n) is 5.14. The van der Waals surface area contributed by atoms with Gasteiger partial charge in [-0.25, -0.2) is 0 Å². The van der Waals surface area contributed by atoms with Crippen molar-refractivity contribution in [3.63, 3.8) is 0 Å². The van der Waals surface area contributed by atoms with Gasteiger partial charge < -0.3 is 10.0 Å². The molecule has 1 saturated heterocycles. The van der Waals surface area contributed by atoms with Gasteiger partial charge in [0, 0.05) is 13.1 Å². The molecular weight excluding hydrogens is 150 g/mol. The van der Waals surface area contributed by atoms with Crippen LogP contribution in [0.3, 0.4) is 0 Å². The van der Waals surface area contributed by atoms with Crippen LogP contribution in [0.5, 0.6) is 0 Å². The SMILES string of the molecule is CCN1CC2(CCC(O)CC2)C1. The Kier molecular flexibility index (Phi) is 2.13. The molecule has 70 valence electrons. The van der Waals surface area contributed by atoms with Crippen LogP contribution in [0.1, 0.15) is 32.6 Å². The predicted octanol–water partition coefficient (Wildman–Crippen LogP) is 1.24. The summed E-state index contributed by atoms with van der Waals surface area (Å²) >= 11 is 0. The molecule has 0 aromatic heterocycles. The highest BCUT2D eigenvalue weighted by Crippen LogP contribution is 2.43. The fraction of sp³-hybridized carbons (Fsp3) is 1.00. The van der Waals surface area contributed by atoms with Crippen LogP contribution in [-0.2, 0) is 0 Å². The van der Waals surface area contributed by atoms with Crippen LogP contribution in [0, 0.1) is 5.41 Å². The van der Waals surface area contributed by atoms with Crippen molar-refractivity contribution in [1.29, 1.82) is 0 Å². The van der Waals surface area contributed by atoms with Crippen LogP contribution in [0.4, 0.5) is 0 Å². The minimum Gasteiger partial charge on any atom is -0.393 e.